The molecule has 0 aliphatic heterocycles. The molecule has 0 unspecified atom stereocenters. The Balaban J connectivity index is 1.64. The molecular formula is C22H23Br3N4O6S2. The molecule has 0 aliphatic rings. The fraction of sp³-hybridized carbons (Fsp3) is 0.273. The zero-order valence-electron chi connectivity index (χ0n) is 19.1. The Bertz CT molecular complexity index is 1160. The number of nitrogens with one attached hydrogen (secondary N) is 2. The van der Waals surface area contributed by atoms with Crippen molar-refractivity contribution in [3.63, 3.8) is 0 Å². The first-order valence-corrected chi connectivity index (χ1v) is 15.4. The van der Waals surface area contributed by atoms with E-state index in [2.05, 4.69) is 68.7 Å². The van der Waals surface area contributed by atoms with Crippen LogP contribution in [-0.2, 0) is 22.4 Å². The van der Waals surface area contributed by atoms with E-state index in [-0.39, 0.29) is 35.8 Å². The number of carbonyl (C=O) groups is 2. The number of aromatic hydroxyl groups is 2. The van der Waals surface area contributed by atoms with Crippen LogP contribution in [0.4, 0.5) is 0 Å². The van der Waals surface area contributed by atoms with Gasteiger partial charge in [0.1, 0.15) is 22.9 Å². The second-order valence-electron chi connectivity index (χ2n) is 7.30. The predicted octanol–water partition coefficient (Wildman–Crippen LogP) is 4.44. The van der Waals surface area contributed by atoms with Crippen LogP contribution >= 0.6 is 69.4 Å². The van der Waals surface area contributed by atoms with Crippen molar-refractivity contribution in [2.24, 2.45) is 10.3 Å². The maximum atomic E-state index is 12.3. The van der Waals surface area contributed by atoms with Crippen LogP contribution in [0.2, 0.25) is 0 Å². The first-order chi connectivity index (χ1) is 17.7. The van der Waals surface area contributed by atoms with Gasteiger partial charge in [-0.3, -0.25) is 9.59 Å². The third-order valence-corrected chi connectivity index (χ3v) is 8.88. The third-order valence-electron chi connectivity index (χ3n) is 4.62. The van der Waals surface area contributed by atoms with Gasteiger partial charge in [-0.1, -0.05) is 38.0 Å². The van der Waals surface area contributed by atoms with Gasteiger partial charge in [-0.2, -0.15) is 0 Å². The summed E-state index contributed by atoms with van der Waals surface area (Å²) in [4.78, 5) is 24.5. The number of amides is 2. The van der Waals surface area contributed by atoms with E-state index < -0.39 is 11.8 Å². The molecule has 37 heavy (non-hydrogen) atoms. The van der Waals surface area contributed by atoms with E-state index in [9.17, 15) is 30.2 Å². The highest BCUT2D eigenvalue weighted by Gasteiger charge is 2.16. The molecule has 15 heteroatoms. The lowest BCUT2D eigenvalue weighted by Gasteiger charge is -2.09. The summed E-state index contributed by atoms with van der Waals surface area (Å²) in [7, 11) is 2.99. The third kappa shape index (κ3) is 10.4. The molecule has 0 saturated heterocycles. The smallest absolute Gasteiger partial charge is 0.269 e. The Hall–Kier alpha value is -1.94. The first kappa shape index (κ1) is 31.3. The fourth-order valence-electron chi connectivity index (χ4n) is 2.82. The van der Waals surface area contributed by atoms with Crippen LogP contribution in [0.3, 0.4) is 0 Å². The Morgan fingerprint density at radius 3 is 1.68 bits per heavy atom. The molecule has 6 N–H and O–H groups in total. The number of oxime groups is 2. The molecule has 200 valence electrons. The maximum Gasteiger partial charge on any atom is 0.269 e. The van der Waals surface area contributed by atoms with E-state index in [1.807, 2.05) is 0 Å². The summed E-state index contributed by atoms with van der Waals surface area (Å²) in [5.74, 6) is 0.280. The van der Waals surface area contributed by atoms with E-state index in [0.717, 1.165) is 0 Å². The summed E-state index contributed by atoms with van der Waals surface area (Å²) in [6, 6.07) is 8.01. The van der Waals surface area contributed by atoms with Gasteiger partial charge in [-0.15, -0.1) is 0 Å². The van der Waals surface area contributed by atoms with E-state index in [4.69, 9.17) is 0 Å². The summed E-state index contributed by atoms with van der Waals surface area (Å²) in [6.07, 6.45) is 0.174. The number of hydrogen-bond donors (Lipinski definition) is 6. The lowest BCUT2D eigenvalue weighted by molar-refractivity contribution is -0.115. The van der Waals surface area contributed by atoms with Crippen molar-refractivity contribution in [2.75, 3.05) is 24.6 Å². The fourth-order valence-corrected chi connectivity index (χ4v) is 6.34. The van der Waals surface area contributed by atoms with Gasteiger partial charge < -0.3 is 31.3 Å². The van der Waals surface area contributed by atoms with Gasteiger partial charge in [0.05, 0.1) is 13.4 Å². The zero-order valence-corrected chi connectivity index (χ0v) is 25.5. The molecule has 0 radical (unpaired) electrons. The van der Waals surface area contributed by atoms with Crippen LogP contribution in [0, 0.1) is 0 Å². The van der Waals surface area contributed by atoms with Gasteiger partial charge in [0.25, 0.3) is 11.8 Å². The minimum absolute atomic E-state index is 0.0363. The number of hydrogen-bond acceptors (Lipinski definition) is 10. The standard InChI is InChI=1S/C22H23Br3N4O6S2/c23-14-7-12(1-2-19(14)30)10-17(28-34)21(32)26-3-5-36-37-6-4-27-22(33)18(29-35)11-13-8-15(24)20(31)16(25)9-13/h1-2,7-9,30-31,34-35H,3-6,10-11H2,(H,26,32)(H,27,33)/b28-17+,29-18+. The summed E-state index contributed by atoms with van der Waals surface area (Å²) in [5, 5.41) is 49.3. The molecule has 10 nitrogen and oxygen atoms in total. The number of halogens is 3. The molecule has 0 atom stereocenters. The van der Waals surface area contributed by atoms with Gasteiger partial charge in [0.2, 0.25) is 0 Å². The molecule has 2 aromatic carbocycles. The lowest BCUT2D eigenvalue weighted by Crippen LogP contribution is -2.34. The van der Waals surface area contributed by atoms with Crippen LogP contribution in [-0.4, -0.2) is 68.5 Å². The summed E-state index contributed by atoms with van der Waals surface area (Å²) in [5.41, 5.74) is 1.24. The first-order valence-electron chi connectivity index (χ1n) is 10.5. The van der Waals surface area contributed by atoms with Crippen LogP contribution in [0.15, 0.2) is 54.1 Å². The Morgan fingerprint density at radius 1 is 0.757 bits per heavy atom. The van der Waals surface area contributed by atoms with Gasteiger partial charge in [0, 0.05) is 37.4 Å². The van der Waals surface area contributed by atoms with Crippen molar-refractivity contribution < 1.29 is 30.2 Å². The molecule has 0 heterocycles. The number of phenolic OH excluding ortho intramolecular Hbond substituents is 2. The summed E-state index contributed by atoms with van der Waals surface area (Å²) >= 11 is 9.65. The minimum atomic E-state index is -0.503. The van der Waals surface area contributed by atoms with Gasteiger partial charge in [0.15, 0.2) is 0 Å². The highest BCUT2D eigenvalue weighted by atomic mass is 79.9. The molecule has 0 aromatic heterocycles. The number of phenols is 2. The van der Waals surface area contributed by atoms with Gasteiger partial charge in [-0.25, -0.2) is 0 Å². The number of rotatable bonds is 13. The molecule has 2 amide bonds. The van der Waals surface area contributed by atoms with E-state index in [0.29, 0.717) is 49.1 Å². The summed E-state index contributed by atoms with van der Waals surface area (Å²) < 4.78 is 1.38. The van der Waals surface area contributed by atoms with Crippen molar-refractivity contribution in [2.45, 2.75) is 12.8 Å². The van der Waals surface area contributed by atoms with E-state index in [1.54, 1.807) is 24.3 Å². The molecule has 2 aromatic rings. The predicted molar refractivity (Wildman–Crippen MR) is 156 cm³/mol. The second kappa shape index (κ2) is 16.1. The van der Waals surface area contributed by atoms with Crippen molar-refractivity contribution in [3.8, 4) is 11.5 Å². The van der Waals surface area contributed by atoms with Gasteiger partial charge >= 0.3 is 0 Å². The Labute approximate surface area is 246 Å². The normalized spacial score (nSPS) is 11.9. The average molecular weight is 743 g/mol. The van der Waals surface area contributed by atoms with E-state index >= 15 is 0 Å². The lowest BCUT2D eigenvalue weighted by atomic mass is 10.1. The second-order valence-corrected chi connectivity index (χ2v) is 12.6. The molecule has 0 aliphatic carbocycles. The van der Waals surface area contributed by atoms with Crippen LogP contribution in [0.5, 0.6) is 11.5 Å². The average Bonchev–Trinajstić information content (AvgIpc) is 2.87. The van der Waals surface area contributed by atoms with Crippen molar-refractivity contribution in [3.05, 3.63) is 54.9 Å². The van der Waals surface area contributed by atoms with Crippen LogP contribution in [0.25, 0.3) is 0 Å². The SMILES string of the molecule is O=C(NCCSSCCNC(=O)/C(Cc1cc(Br)c(O)c(Br)c1)=N/O)/C(Cc1ccc(O)c(Br)c1)=N/O. The molecule has 0 bridgehead atoms. The van der Waals surface area contributed by atoms with Crippen molar-refractivity contribution in [1.29, 1.82) is 0 Å². The molecule has 0 fully saturated rings. The van der Waals surface area contributed by atoms with Gasteiger partial charge in [-0.05, 0) is 83.2 Å². The number of benzene rings is 2. The monoisotopic (exact) mass is 740 g/mol. The van der Waals surface area contributed by atoms with Crippen molar-refractivity contribution in [1.82, 2.24) is 10.6 Å². The molecule has 2 rings (SSSR count). The Kier molecular flexibility index (Phi) is 13.6. The largest absolute Gasteiger partial charge is 0.507 e. The van der Waals surface area contributed by atoms with Crippen LogP contribution in [0.1, 0.15) is 11.1 Å². The minimum Gasteiger partial charge on any atom is -0.507 e. The van der Waals surface area contributed by atoms with Crippen LogP contribution < -0.4 is 10.6 Å². The van der Waals surface area contributed by atoms with E-state index in [1.165, 1.54) is 27.7 Å². The quantitative estimate of drug-likeness (QED) is 0.0577. The van der Waals surface area contributed by atoms with Crippen molar-refractivity contribution >= 4 is 92.6 Å². The number of nitrogens with zero attached hydrogens (tertiary/aromatic N) is 2. The molecule has 0 saturated carbocycles. The zero-order chi connectivity index (χ0) is 27.4. The number of carbonyl (C=O) groups excluding carboxylic acids is 2. The maximum absolute atomic E-state index is 12.3. The summed E-state index contributed by atoms with van der Waals surface area (Å²) in [6.45, 7) is 0.689. The highest BCUT2D eigenvalue weighted by Crippen LogP contribution is 2.33. The molecule has 0 spiro atoms. The topological polar surface area (TPSA) is 164 Å². The Morgan fingerprint density at radius 2 is 1.22 bits per heavy atom. The molecular weight excluding hydrogens is 720 g/mol. The highest BCUT2D eigenvalue weighted by molar-refractivity contribution is 9.11.